The fraction of sp³-hybridized carbons (Fsp3) is 0.500. The standard InChI is InChI=1S/C20H26N4OS/c1-14-6-4-8-23(11-14)13-19(25)22-20-18(10-21)15(2)16(3)24(20)12-17-7-5-9-26-17/h5,7,9,14H,4,6,8,11-13H2,1-3H3,(H,22,25)/t14-/m0/s1. The highest BCUT2D eigenvalue weighted by Gasteiger charge is 2.22. The molecule has 0 aliphatic carbocycles. The molecule has 0 saturated carbocycles. The number of anilines is 1. The van der Waals surface area contributed by atoms with Gasteiger partial charge in [0.2, 0.25) is 5.91 Å². The molecule has 6 heteroatoms. The second kappa shape index (κ2) is 8.07. The third-order valence-electron chi connectivity index (χ3n) is 5.20. The topological polar surface area (TPSA) is 61.1 Å². The molecule has 0 aromatic carbocycles. The summed E-state index contributed by atoms with van der Waals surface area (Å²) in [7, 11) is 0. The first kappa shape index (κ1) is 18.7. The zero-order valence-electron chi connectivity index (χ0n) is 15.7. The summed E-state index contributed by atoms with van der Waals surface area (Å²) >= 11 is 1.68. The van der Waals surface area contributed by atoms with Crippen LogP contribution >= 0.6 is 11.3 Å². The van der Waals surface area contributed by atoms with E-state index >= 15 is 0 Å². The van der Waals surface area contributed by atoms with Gasteiger partial charge in [0.1, 0.15) is 11.9 Å². The SMILES string of the molecule is Cc1c(C#N)c(NC(=O)CN2CCC[C@H](C)C2)n(Cc2cccs2)c1C. The van der Waals surface area contributed by atoms with Gasteiger partial charge in [-0.15, -0.1) is 11.3 Å². The molecule has 1 amide bonds. The summed E-state index contributed by atoms with van der Waals surface area (Å²) < 4.78 is 2.05. The van der Waals surface area contributed by atoms with Gasteiger partial charge in [0.25, 0.3) is 0 Å². The molecule has 0 bridgehead atoms. The summed E-state index contributed by atoms with van der Waals surface area (Å²) in [4.78, 5) is 16.1. The number of nitriles is 1. The van der Waals surface area contributed by atoms with Crippen molar-refractivity contribution in [2.24, 2.45) is 5.92 Å². The Morgan fingerprint density at radius 2 is 2.27 bits per heavy atom. The van der Waals surface area contributed by atoms with Crippen LogP contribution in [0.3, 0.4) is 0 Å². The lowest BCUT2D eigenvalue weighted by Gasteiger charge is -2.30. The number of hydrogen-bond donors (Lipinski definition) is 1. The molecule has 3 rings (SSSR count). The van der Waals surface area contributed by atoms with Crippen molar-refractivity contribution >= 4 is 23.1 Å². The Morgan fingerprint density at radius 3 is 2.92 bits per heavy atom. The van der Waals surface area contributed by atoms with Crippen LogP contribution < -0.4 is 5.32 Å². The predicted octanol–water partition coefficient (Wildman–Crippen LogP) is 3.76. The highest BCUT2D eigenvalue weighted by Crippen LogP contribution is 2.28. The Bertz CT molecular complexity index is 816. The third-order valence-corrected chi connectivity index (χ3v) is 6.06. The molecule has 2 aromatic heterocycles. The van der Waals surface area contributed by atoms with E-state index in [1.165, 1.54) is 11.3 Å². The van der Waals surface area contributed by atoms with Crippen molar-refractivity contribution in [1.82, 2.24) is 9.47 Å². The number of amides is 1. The van der Waals surface area contributed by atoms with E-state index in [-0.39, 0.29) is 5.91 Å². The minimum Gasteiger partial charge on any atom is -0.325 e. The van der Waals surface area contributed by atoms with E-state index in [4.69, 9.17) is 0 Å². The lowest BCUT2D eigenvalue weighted by molar-refractivity contribution is -0.117. The molecule has 0 spiro atoms. The first-order valence-electron chi connectivity index (χ1n) is 9.14. The summed E-state index contributed by atoms with van der Waals surface area (Å²) in [6.07, 6.45) is 2.38. The van der Waals surface area contributed by atoms with Crippen molar-refractivity contribution in [3.63, 3.8) is 0 Å². The second-order valence-electron chi connectivity index (χ2n) is 7.24. The highest BCUT2D eigenvalue weighted by atomic mass is 32.1. The number of carbonyl (C=O) groups excluding carboxylic acids is 1. The van der Waals surface area contributed by atoms with Crippen LogP contribution in [0.4, 0.5) is 5.82 Å². The lowest BCUT2D eigenvalue weighted by Crippen LogP contribution is -2.40. The van der Waals surface area contributed by atoms with Gasteiger partial charge in [0, 0.05) is 17.1 Å². The number of likely N-dealkylation sites (tertiary alicyclic amines) is 1. The molecule has 138 valence electrons. The predicted molar refractivity (Wildman–Crippen MR) is 106 cm³/mol. The van der Waals surface area contributed by atoms with Crippen LogP contribution in [0, 0.1) is 31.1 Å². The largest absolute Gasteiger partial charge is 0.325 e. The van der Waals surface area contributed by atoms with Gasteiger partial charge in [-0.1, -0.05) is 13.0 Å². The van der Waals surface area contributed by atoms with E-state index in [1.807, 2.05) is 25.3 Å². The maximum Gasteiger partial charge on any atom is 0.239 e. The molecule has 1 aliphatic rings. The zero-order valence-corrected chi connectivity index (χ0v) is 16.5. The van der Waals surface area contributed by atoms with Gasteiger partial charge in [-0.2, -0.15) is 5.26 Å². The summed E-state index contributed by atoms with van der Waals surface area (Å²) in [6, 6.07) is 6.37. The van der Waals surface area contributed by atoms with Gasteiger partial charge >= 0.3 is 0 Å². The average molecular weight is 371 g/mol. The van der Waals surface area contributed by atoms with Crippen LogP contribution in [-0.4, -0.2) is 35.0 Å². The lowest BCUT2D eigenvalue weighted by atomic mass is 10.0. The van der Waals surface area contributed by atoms with E-state index in [1.54, 1.807) is 11.3 Å². The van der Waals surface area contributed by atoms with E-state index in [0.717, 1.165) is 30.8 Å². The van der Waals surface area contributed by atoms with Gasteiger partial charge in [-0.25, -0.2) is 0 Å². The minimum absolute atomic E-state index is 0.0412. The van der Waals surface area contributed by atoms with Crippen LogP contribution in [0.15, 0.2) is 17.5 Å². The van der Waals surface area contributed by atoms with E-state index < -0.39 is 0 Å². The summed E-state index contributed by atoms with van der Waals surface area (Å²) in [5.41, 5.74) is 2.53. The number of nitrogens with zero attached hydrogens (tertiary/aromatic N) is 3. The molecule has 1 saturated heterocycles. The van der Waals surface area contributed by atoms with Gasteiger partial charge in [-0.3, -0.25) is 9.69 Å². The molecule has 1 N–H and O–H groups in total. The van der Waals surface area contributed by atoms with Crippen molar-refractivity contribution in [2.45, 2.75) is 40.2 Å². The van der Waals surface area contributed by atoms with E-state index in [9.17, 15) is 10.1 Å². The third kappa shape index (κ3) is 4.00. The summed E-state index contributed by atoms with van der Waals surface area (Å²) in [6.45, 7) is 9.17. The molecule has 2 aromatic rings. The maximum absolute atomic E-state index is 12.7. The molecule has 26 heavy (non-hydrogen) atoms. The Labute approximate surface area is 159 Å². The van der Waals surface area contributed by atoms with Crippen LogP contribution in [0.5, 0.6) is 0 Å². The number of piperidine rings is 1. The normalized spacial score (nSPS) is 17.8. The van der Waals surface area contributed by atoms with E-state index in [0.29, 0.717) is 30.4 Å². The van der Waals surface area contributed by atoms with Gasteiger partial charge < -0.3 is 9.88 Å². The molecule has 3 heterocycles. The number of aromatic nitrogens is 1. The molecule has 0 radical (unpaired) electrons. The summed E-state index contributed by atoms with van der Waals surface area (Å²) in [5.74, 6) is 1.23. The van der Waals surface area contributed by atoms with Crippen molar-refractivity contribution < 1.29 is 4.79 Å². The fourth-order valence-corrected chi connectivity index (χ4v) is 4.38. The molecule has 1 aliphatic heterocycles. The van der Waals surface area contributed by atoms with Crippen molar-refractivity contribution in [3.05, 3.63) is 39.2 Å². The van der Waals surface area contributed by atoms with Crippen LogP contribution in [0.2, 0.25) is 0 Å². The first-order chi connectivity index (χ1) is 12.5. The van der Waals surface area contributed by atoms with Crippen LogP contribution in [0.1, 0.15) is 41.5 Å². The number of nitrogens with one attached hydrogen (secondary N) is 1. The van der Waals surface area contributed by atoms with Crippen molar-refractivity contribution in [2.75, 3.05) is 25.0 Å². The van der Waals surface area contributed by atoms with E-state index in [2.05, 4.69) is 33.8 Å². The number of rotatable bonds is 5. The van der Waals surface area contributed by atoms with Crippen LogP contribution in [0.25, 0.3) is 0 Å². The molecular formula is C20H26N4OS. The highest BCUT2D eigenvalue weighted by molar-refractivity contribution is 7.09. The fourth-order valence-electron chi connectivity index (χ4n) is 3.69. The number of thiophene rings is 1. The Kier molecular flexibility index (Phi) is 5.80. The monoisotopic (exact) mass is 370 g/mol. The molecular weight excluding hydrogens is 344 g/mol. The van der Waals surface area contributed by atoms with Gasteiger partial charge in [0.05, 0.1) is 18.7 Å². The van der Waals surface area contributed by atoms with Gasteiger partial charge in [-0.05, 0) is 56.2 Å². The Hall–Kier alpha value is -2.10. The molecule has 1 fully saturated rings. The van der Waals surface area contributed by atoms with Crippen LogP contribution in [-0.2, 0) is 11.3 Å². The maximum atomic E-state index is 12.7. The summed E-state index contributed by atoms with van der Waals surface area (Å²) in [5, 5.41) is 14.7. The first-order valence-corrected chi connectivity index (χ1v) is 10.0. The zero-order chi connectivity index (χ0) is 18.7. The molecule has 0 unspecified atom stereocenters. The van der Waals surface area contributed by atoms with Crippen molar-refractivity contribution in [3.8, 4) is 6.07 Å². The minimum atomic E-state index is -0.0412. The molecule has 1 atom stereocenters. The molecule has 5 nitrogen and oxygen atoms in total. The van der Waals surface area contributed by atoms with Gasteiger partial charge in [0.15, 0.2) is 0 Å². The quantitative estimate of drug-likeness (QED) is 0.872. The Balaban J connectivity index is 1.80. The average Bonchev–Trinajstić information content (AvgIpc) is 3.18. The van der Waals surface area contributed by atoms with Crippen molar-refractivity contribution in [1.29, 1.82) is 5.26 Å². The second-order valence-corrected chi connectivity index (χ2v) is 8.27. The Morgan fingerprint density at radius 1 is 1.46 bits per heavy atom. The smallest absolute Gasteiger partial charge is 0.239 e. The number of carbonyl (C=O) groups is 1. The number of hydrogen-bond acceptors (Lipinski definition) is 4.